The maximum atomic E-state index is 11.1. The van der Waals surface area contributed by atoms with Crippen molar-refractivity contribution >= 4 is 17.3 Å². The highest BCUT2D eigenvalue weighted by molar-refractivity contribution is 7.11. The lowest BCUT2D eigenvalue weighted by molar-refractivity contribution is -0.137. The molecular weight excluding hydrogens is 248 g/mol. The highest BCUT2D eigenvalue weighted by atomic mass is 32.1. The molecule has 0 aliphatic rings. The van der Waals surface area contributed by atoms with Gasteiger partial charge in [-0.15, -0.1) is 11.3 Å². The van der Waals surface area contributed by atoms with Crippen molar-refractivity contribution in [1.29, 1.82) is 0 Å². The fourth-order valence-electron chi connectivity index (χ4n) is 1.36. The third kappa shape index (κ3) is 4.98. The molecule has 0 bridgehead atoms. The molecule has 1 aromatic heterocycles. The first-order chi connectivity index (χ1) is 8.67. The predicted molar refractivity (Wildman–Crippen MR) is 73.7 cm³/mol. The number of carbonyl (C=O) groups excluding carboxylic acids is 1. The number of ether oxygens (including phenoxy) is 1. The summed E-state index contributed by atoms with van der Waals surface area (Å²) in [5.41, 5.74) is 0. The monoisotopic (exact) mass is 268 g/mol. The van der Waals surface area contributed by atoms with E-state index in [1.54, 1.807) is 24.3 Å². The van der Waals surface area contributed by atoms with E-state index in [2.05, 4.69) is 24.1 Å². The van der Waals surface area contributed by atoms with Gasteiger partial charge in [0, 0.05) is 23.7 Å². The molecular formula is C13H20N2O2S. The Balaban J connectivity index is 2.32. The zero-order valence-corrected chi connectivity index (χ0v) is 11.9. The highest BCUT2D eigenvalue weighted by Crippen LogP contribution is 2.19. The normalized spacial score (nSPS) is 12.8. The molecule has 0 radical (unpaired) electrons. The third-order valence-corrected chi connectivity index (χ3v) is 3.70. The summed E-state index contributed by atoms with van der Waals surface area (Å²) >= 11 is 1.72. The van der Waals surface area contributed by atoms with E-state index in [9.17, 15) is 4.79 Å². The van der Waals surface area contributed by atoms with Crippen LogP contribution in [0.1, 0.15) is 36.7 Å². The van der Waals surface area contributed by atoms with Crippen molar-refractivity contribution in [2.45, 2.75) is 33.2 Å². The van der Waals surface area contributed by atoms with E-state index >= 15 is 0 Å². The van der Waals surface area contributed by atoms with Gasteiger partial charge in [0.25, 0.3) is 0 Å². The Morgan fingerprint density at radius 2 is 2.39 bits per heavy atom. The Bertz CT molecular complexity index is 401. The quantitative estimate of drug-likeness (QED) is 0.609. The summed E-state index contributed by atoms with van der Waals surface area (Å²) in [6.45, 7) is 7.01. The van der Waals surface area contributed by atoms with Crippen LogP contribution in [-0.4, -0.2) is 24.1 Å². The summed E-state index contributed by atoms with van der Waals surface area (Å²) in [6, 6.07) is 0.196. The van der Waals surface area contributed by atoms with Crippen LogP contribution >= 0.6 is 11.3 Å². The van der Waals surface area contributed by atoms with Crippen LogP contribution in [0.25, 0.3) is 0 Å². The van der Waals surface area contributed by atoms with Crippen LogP contribution in [0.4, 0.5) is 0 Å². The zero-order valence-electron chi connectivity index (χ0n) is 11.1. The largest absolute Gasteiger partial charge is 0.463 e. The molecule has 0 aromatic carbocycles. The van der Waals surface area contributed by atoms with Crippen molar-refractivity contribution in [3.63, 3.8) is 0 Å². The lowest BCUT2D eigenvalue weighted by Gasteiger charge is -2.08. The van der Waals surface area contributed by atoms with E-state index in [0.29, 0.717) is 13.2 Å². The van der Waals surface area contributed by atoms with E-state index in [0.717, 1.165) is 11.4 Å². The van der Waals surface area contributed by atoms with Crippen LogP contribution in [0, 0.1) is 0 Å². The van der Waals surface area contributed by atoms with Crippen LogP contribution in [0.15, 0.2) is 18.3 Å². The number of aryl methyl sites for hydroxylation is 1. The molecule has 100 valence electrons. The molecule has 18 heavy (non-hydrogen) atoms. The van der Waals surface area contributed by atoms with Crippen molar-refractivity contribution in [2.75, 3.05) is 13.2 Å². The maximum Gasteiger partial charge on any atom is 0.330 e. The van der Waals surface area contributed by atoms with Crippen LogP contribution in [0.5, 0.6) is 0 Å². The highest BCUT2D eigenvalue weighted by Gasteiger charge is 2.08. The zero-order chi connectivity index (χ0) is 13.4. The fraction of sp³-hybridized carbons (Fsp3) is 0.538. The Morgan fingerprint density at radius 3 is 3.00 bits per heavy atom. The number of nitrogens with one attached hydrogen (secondary N) is 1. The van der Waals surface area contributed by atoms with E-state index in [-0.39, 0.29) is 12.0 Å². The summed E-state index contributed by atoms with van der Waals surface area (Å²) in [4.78, 5) is 16.7. The smallest absolute Gasteiger partial charge is 0.330 e. The maximum absolute atomic E-state index is 11.1. The SMILES string of the molecule is CCOC(=O)/C=C/CNC(C)c1ncc(CC)s1. The Kier molecular flexibility index (Phi) is 6.60. The van der Waals surface area contributed by atoms with E-state index in [4.69, 9.17) is 4.74 Å². The number of rotatable bonds is 7. The van der Waals surface area contributed by atoms with Gasteiger partial charge in [-0.25, -0.2) is 9.78 Å². The van der Waals surface area contributed by atoms with Crippen LogP contribution < -0.4 is 5.32 Å². The van der Waals surface area contributed by atoms with Crippen molar-refractivity contribution in [3.05, 3.63) is 28.2 Å². The van der Waals surface area contributed by atoms with Gasteiger partial charge in [0.2, 0.25) is 0 Å². The second-order valence-corrected chi connectivity index (χ2v) is 4.95. The lowest BCUT2D eigenvalue weighted by atomic mass is 10.3. The fourth-order valence-corrected chi connectivity index (χ4v) is 2.25. The summed E-state index contributed by atoms with van der Waals surface area (Å²) in [6.07, 6.45) is 6.16. The molecule has 0 aliphatic carbocycles. The minimum absolute atomic E-state index is 0.196. The number of hydrogen-bond donors (Lipinski definition) is 1. The molecule has 4 nitrogen and oxygen atoms in total. The lowest BCUT2D eigenvalue weighted by Crippen LogP contribution is -2.18. The van der Waals surface area contributed by atoms with Crippen molar-refractivity contribution < 1.29 is 9.53 Å². The number of aromatic nitrogens is 1. The van der Waals surface area contributed by atoms with Gasteiger partial charge in [-0.1, -0.05) is 13.0 Å². The van der Waals surface area contributed by atoms with Crippen molar-refractivity contribution in [2.24, 2.45) is 0 Å². The van der Waals surface area contributed by atoms with Gasteiger partial charge < -0.3 is 10.1 Å². The molecule has 0 amide bonds. The molecule has 0 spiro atoms. The first-order valence-electron chi connectivity index (χ1n) is 6.18. The minimum atomic E-state index is -0.297. The van der Waals surface area contributed by atoms with Gasteiger partial charge in [0.1, 0.15) is 5.01 Å². The van der Waals surface area contributed by atoms with Gasteiger partial charge in [-0.2, -0.15) is 0 Å². The number of thiazole rings is 1. The van der Waals surface area contributed by atoms with E-state index in [1.165, 1.54) is 11.0 Å². The van der Waals surface area contributed by atoms with Gasteiger partial charge in [0.05, 0.1) is 12.6 Å². The van der Waals surface area contributed by atoms with Crippen molar-refractivity contribution in [3.8, 4) is 0 Å². The Hall–Kier alpha value is -1.20. The topological polar surface area (TPSA) is 51.2 Å². The van der Waals surface area contributed by atoms with E-state index < -0.39 is 0 Å². The number of nitrogens with zero attached hydrogens (tertiary/aromatic N) is 1. The van der Waals surface area contributed by atoms with Gasteiger partial charge in [-0.3, -0.25) is 0 Å². The summed E-state index contributed by atoms with van der Waals surface area (Å²) in [5, 5.41) is 4.37. The summed E-state index contributed by atoms with van der Waals surface area (Å²) in [7, 11) is 0. The Labute approximate surface area is 112 Å². The van der Waals surface area contributed by atoms with Crippen LogP contribution in [0.3, 0.4) is 0 Å². The number of carbonyl (C=O) groups is 1. The average molecular weight is 268 g/mol. The van der Waals surface area contributed by atoms with Crippen LogP contribution in [-0.2, 0) is 16.0 Å². The van der Waals surface area contributed by atoms with Gasteiger partial charge in [0.15, 0.2) is 0 Å². The summed E-state index contributed by atoms with van der Waals surface area (Å²) in [5.74, 6) is -0.297. The molecule has 0 aliphatic heterocycles. The average Bonchev–Trinajstić information content (AvgIpc) is 2.83. The first kappa shape index (κ1) is 14.9. The van der Waals surface area contributed by atoms with Gasteiger partial charge >= 0.3 is 5.97 Å². The molecule has 1 unspecified atom stereocenters. The van der Waals surface area contributed by atoms with E-state index in [1.807, 2.05) is 6.20 Å². The second kappa shape index (κ2) is 8.00. The minimum Gasteiger partial charge on any atom is -0.463 e. The first-order valence-corrected chi connectivity index (χ1v) is 7.00. The second-order valence-electron chi connectivity index (χ2n) is 3.80. The standard InChI is InChI=1S/C13H20N2O2S/c1-4-11-9-15-13(18-11)10(3)14-8-6-7-12(16)17-5-2/h6-7,9-10,14H,4-5,8H2,1-3H3/b7-6+. The molecule has 0 fully saturated rings. The summed E-state index contributed by atoms with van der Waals surface area (Å²) < 4.78 is 4.79. The third-order valence-electron chi connectivity index (χ3n) is 2.37. The van der Waals surface area contributed by atoms with Crippen molar-refractivity contribution in [1.82, 2.24) is 10.3 Å². The Morgan fingerprint density at radius 1 is 1.61 bits per heavy atom. The molecule has 1 heterocycles. The predicted octanol–water partition coefficient (Wildman–Crippen LogP) is 2.48. The molecule has 1 rings (SSSR count). The molecule has 0 saturated heterocycles. The molecule has 5 heteroatoms. The molecule has 0 saturated carbocycles. The number of esters is 1. The molecule has 1 atom stereocenters. The van der Waals surface area contributed by atoms with Gasteiger partial charge in [-0.05, 0) is 20.3 Å². The van der Waals surface area contributed by atoms with Crippen LogP contribution in [0.2, 0.25) is 0 Å². The number of hydrogen-bond acceptors (Lipinski definition) is 5. The molecule has 1 N–H and O–H groups in total. The molecule has 1 aromatic rings.